The maximum atomic E-state index is 5.71. The van der Waals surface area contributed by atoms with E-state index in [4.69, 9.17) is 18.9 Å². The number of benzene rings is 2. The van der Waals surface area contributed by atoms with Crippen molar-refractivity contribution < 1.29 is 18.9 Å². The first-order chi connectivity index (χ1) is 15.7. The van der Waals surface area contributed by atoms with Crippen LogP contribution in [0.3, 0.4) is 0 Å². The molecule has 2 aromatic heterocycles. The van der Waals surface area contributed by atoms with Gasteiger partial charge in [0.2, 0.25) is 11.7 Å². The van der Waals surface area contributed by atoms with Crippen LogP contribution in [0, 0.1) is 0 Å². The van der Waals surface area contributed by atoms with Crippen molar-refractivity contribution in [1.29, 1.82) is 0 Å². The number of H-pyrrole nitrogens is 1. The SMILES string of the molecule is COc1cc(Nc2nc3ncnc(NCCOc4ccccc4)c3[nH]2)cc(OC)c1OC. The average Bonchev–Trinajstić information content (AvgIpc) is 3.25. The molecule has 10 nitrogen and oxygen atoms in total. The smallest absolute Gasteiger partial charge is 0.207 e. The third-order valence-electron chi connectivity index (χ3n) is 4.62. The van der Waals surface area contributed by atoms with Crippen molar-refractivity contribution in [3.63, 3.8) is 0 Å². The Bertz CT molecular complexity index is 1160. The Hall–Kier alpha value is -4.21. The van der Waals surface area contributed by atoms with E-state index in [-0.39, 0.29) is 0 Å². The van der Waals surface area contributed by atoms with E-state index in [0.717, 1.165) is 5.75 Å². The van der Waals surface area contributed by atoms with E-state index >= 15 is 0 Å². The number of nitrogens with zero attached hydrogens (tertiary/aromatic N) is 3. The number of aromatic amines is 1. The number of nitrogens with one attached hydrogen (secondary N) is 3. The summed E-state index contributed by atoms with van der Waals surface area (Å²) in [4.78, 5) is 16.3. The molecular weight excluding hydrogens is 412 g/mol. The predicted molar refractivity (Wildman–Crippen MR) is 121 cm³/mol. The quantitative estimate of drug-likeness (QED) is 0.321. The maximum Gasteiger partial charge on any atom is 0.207 e. The van der Waals surface area contributed by atoms with Crippen LogP contribution < -0.4 is 29.6 Å². The maximum absolute atomic E-state index is 5.71. The predicted octanol–water partition coefficient (Wildman–Crippen LogP) is 3.61. The summed E-state index contributed by atoms with van der Waals surface area (Å²) < 4.78 is 21.9. The topological polar surface area (TPSA) is 115 Å². The van der Waals surface area contributed by atoms with E-state index < -0.39 is 0 Å². The molecule has 32 heavy (non-hydrogen) atoms. The molecule has 0 saturated carbocycles. The molecule has 10 heteroatoms. The standard InChI is InChI=1S/C22H24N6O4/c1-29-16-11-14(12-17(30-2)19(16)31-3)26-22-27-18-20(24-13-25-21(18)28-22)23-9-10-32-15-7-5-4-6-8-15/h4-8,11-13H,9-10H2,1-3H3,(H3,23,24,25,26,27,28). The van der Waals surface area contributed by atoms with Gasteiger partial charge in [-0.15, -0.1) is 0 Å². The molecule has 0 aliphatic heterocycles. The second-order valence-electron chi connectivity index (χ2n) is 6.63. The van der Waals surface area contributed by atoms with Crippen LogP contribution in [0.2, 0.25) is 0 Å². The Morgan fingerprint density at radius 1 is 0.938 bits per heavy atom. The Morgan fingerprint density at radius 2 is 1.69 bits per heavy atom. The van der Waals surface area contributed by atoms with Crippen molar-refractivity contribution in [2.45, 2.75) is 0 Å². The number of ether oxygens (including phenoxy) is 4. The minimum Gasteiger partial charge on any atom is -0.493 e. The van der Waals surface area contributed by atoms with Crippen molar-refractivity contribution in [3.8, 4) is 23.0 Å². The Labute approximate surface area is 184 Å². The van der Waals surface area contributed by atoms with Crippen molar-refractivity contribution in [3.05, 3.63) is 48.8 Å². The van der Waals surface area contributed by atoms with E-state index in [1.807, 2.05) is 30.3 Å². The van der Waals surface area contributed by atoms with E-state index in [9.17, 15) is 0 Å². The summed E-state index contributed by atoms with van der Waals surface area (Å²) in [5.74, 6) is 3.54. The zero-order valence-electron chi connectivity index (χ0n) is 18.0. The molecule has 0 aliphatic carbocycles. The average molecular weight is 436 g/mol. The van der Waals surface area contributed by atoms with E-state index in [1.54, 1.807) is 33.5 Å². The van der Waals surface area contributed by atoms with Crippen molar-refractivity contribution in [2.24, 2.45) is 0 Å². The number of methoxy groups -OCH3 is 3. The summed E-state index contributed by atoms with van der Waals surface area (Å²) in [6.07, 6.45) is 1.47. The molecule has 0 unspecified atom stereocenters. The van der Waals surface area contributed by atoms with E-state index in [2.05, 4.69) is 30.6 Å². The Kier molecular flexibility index (Phi) is 6.40. The summed E-state index contributed by atoms with van der Waals surface area (Å²) in [6.45, 7) is 1.05. The number of imidazole rings is 1. The van der Waals surface area contributed by atoms with Crippen molar-refractivity contribution in [2.75, 3.05) is 45.1 Å². The molecular formula is C22H24N6O4. The Morgan fingerprint density at radius 3 is 2.38 bits per heavy atom. The monoisotopic (exact) mass is 436 g/mol. The third kappa shape index (κ3) is 4.59. The minimum atomic E-state index is 0.486. The number of anilines is 3. The van der Waals surface area contributed by atoms with Crippen LogP contribution in [0.25, 0.3) is 11.2 Å². The van der Waals surface area contributed by atoms with Crippen LogP contribution in [0.15, 0.2) is 48.8 Å². The molecule has 4 rings (SSSR count). The van der Waals surface area contributed by atoms with Gasteiger partial charge in [-0.25, -0.2) is 9.97 Å². The fourth-order valence-electron chi connectivity index (χ4n) is 3.17. The van der Waals surface area contributed by atoms with Crippen LogP contribution in [0.1, 0.15) is 0 Å². The van der Waals surface area contributed by atoms with Crippen LogP contribution in [-0.2, 0) is 0 Å². The van der Waals surface area contributed by atoms with Gasteiger partial charge in [0.1, 0.15) is 24.2 Å². The zero-order chi connectivity index (χ0) is 22.3. The lowest BCUT2D eigenvalue weighted by atomic mass is 10.2. The summed E-state index contributed by atoms with van der Waals surface area (Å²) in [5.41, 5.74) is 1.92. The van der Waals surface area contributed by atoms with Gasteiger partial charge in [-0.2, -0.15) is 4.98 Å². The number of para-hydroxylation sites is 1. The zero-order valence-corrected chi connectivity index (χ0v) is 18.0. The summed E-state index contributed by atoms with van der Waals surface area (Å²) in [5, 5.41) is 6.46. The first-order valence-electron chi connectivity index (χ1n) is 9.91. The van der Waals surface area contributed by atoms with Gasteiger partial charge in [0.15, 0.2) is 23.0 Å². The molecule has 0 radical (unpaired) electrons. The highest BCUT2D eigenvalue weighted by molar-refractivity contribution is 5.85. The molecule has 0 aliphatic rings. The normalized spacial score (nSPS) is 10.6. The number of aromatic nitrogens is 4. The van der Waals surface area contributed by atoms with Gasteiger partial charge >= 0.3 is 0 Å². The molecule has 0 fully saturated rings. The number of fused-ring (bicyclic) bond motifs is 1. The Balaban J connectivity index is 1.48. The summed E-state index contributed by atoms with van der Waals surface area (Å²) >= 11 is 0. The van der Waals surface area contributed by atoms with Crippen LogP contribution in [0.4, 0.5) is 17.5 Å². The highest BCUT2D eigenvalue weighted by atomic mass is 16.5. The lowest BCUT2D eigenvalue weighted by Gasteiger charge is -2.14. The van der Waals surface area contributed by atoms with Gasteiger partial charge in [0.05, 0.1) is 27.9 Å². The lowest BCUT2D eigenvalue weighted by Crippen LogP contribution is -2.12. The van der Waals surface area contributed by atoms with Gasteiger partial charge in [-0.05, 0) is 12.1 Å². The summed E-state index contributed by atoms with van der Waals surface area (Å²) in [7, 11) is 4.69. The molecule has 166 valence electrons. The van der Waals surface area contributed by atoms with Gasteiger partial charge in [-0.3, -0.25) is 0 Å². The number of hydrogen-bond acceptors (Lipinski definition) is 9. The van der Waals surface area contributed by atoms with E-state index in [1.165, 1.54) is 6.33 Å². The van der Waals surface area contributed by atoms with Crippen LogP contribution in [0.5, 0.6) is 23.0 Å². The molecule has 2 heterocycles. The van der Waals surface area contributed by atoms with Gasteiger partial charge < -0.3 is 34.6 Å². The fraction of sp³-hybridized carbons (Fsp3) is 0.227. The van der Waals surface area contributed by atoms with E-state index in [0.29, 0.717) is 59.0 Å². The second kappa shape index (κ2) is 9.73. The third-order valence-corrected chi connectivity index (χ3v) is 4.62. The molecule has 4 aromatic rings. The molecule has 0 saturated heterocycles. The number of rotatable bonds is 10. The van der Waals surface area contributed by atoms with Gasteiger partial charge in [0.25, 0.3) is 0 Å². The molecule has 2 aromatic carbocycles. The van der Waals surface area contributed by atoms with Crippen LogP contribution in [-0.4, -0.2) is 54.4 Å². The van der Waals surface area contributed by atoms with Crippen molar-refractivity contribution >= 4 is 28.6 Å². The van der Waals surface area contributed by atoms with Gasteiger partial charge in [-0.1, -0.05) is 18.2 Å². The van der Waals surface area contributed by atoms with Crippen LogP contribution >= 0.6 is 0 Å². The first-order valence-corrected chi connectivity index (χ1v) is 9.91. The number of hydrogen-bond donors (Lipinski definition) is 3. The van der Waals surface area contributed by atoms with Crippen molar-refractivity contribution in [1.82, 2.24) is 19.9 Å². The molecule has 0 atom stereocenters. The highest BCUT2D eigenvalue weighted by Crippen LogP contribution is 2.40. The lowest BCUT2D eigenvalue weighted by molar-refractivity contribution is 0.324. The molecule has 0 bridgehead atoms. The second-order valence-corrected chi connectivity index (χ2v) is 6.63. The largest absolute Gasteiger partial charge is 0.493 e. The molecule has 0 amide bonds. The summed E-state index contributed by atoms with van der Waals surface area (Å²) in [6, 6.07) is 13.2. The highest BCUT2D eigenvalue weighted by Gasteiger charge is 2.15. The minimum absolute atomic E-state index is 0.486. The first kappa shape index (κ1) is 21.0. The van der Waals surface area contributed by atoms with Gasteiger partial charge in [0, 0.05) is 17.8 Å². The molecule has 0 spiro atoms. The molecule has 3 N–H and O–H groups in total. The fourth-order valence-corrected chi connectivity index (χ4v) is 3.17.